The van der Waals surface area contributed by atoms with E-state index in [0.717, 1.165) is 54.4 Å². The number of hydrogen-bond donors (Lipinski definition) is 1. The molecule has 1 saturated heterocycles. The Labute approximate surface area is 165 Å². The lowest BCUT2D eigenvalue weighted by molar-refractivity contribution is -0.120. The maximum absolute atomic E-state index is 12.8. The summed E-state index contributed by atoms with van der Waals surface area (Å²) in [6.07, 6.45) is 4.13. The van der Waals surface area contributed by atoms with Crippen LogP contribution in [0.5, 0.6) is 5.75 Å². The number of aromatic nitrogens is 2. The topological polar surface area (TPSA) is 76.6 Å². The molecule has 4 rings (SSSR count). The second-order valence-electron chi connectivity index (χ2n) is 7.37. The first-order valence-corrected chi connectivity index (χ1v) is 9.77. The fraction of sp³-hybridized carbons (Fsp3) is 0.476. The lowest BCUT2D eigenvalue weighted by Crippen LogP contribution is -2.38. The Morgan fingerprint density at radius 1 is 1.32 bits per heavy atom. The standard InChI is InChI=1S/C21H26N4O3/c1-14-3-6-19(27-2)18(11-14)23-20(26)15-4-5-17-16(12-15)13-22-21(24-17)25-7-9-28-10-8-25/h3,6,11,13,15H,4-5,7-10,12H2,1-2H3,(H,23,26). The van der Waals surface area contributed by atoms with Crippen molar-refractivity contribution >= 4 is 17.5 Å². The fourth-order valence-electron chi connectivity index (χ4n) is 3.79. The van der Waals surface area contributed by atoms with Crippen molar-refractivity contribution in [2.75, 3.05) is 43.6 Å². The SMILES string of the molecule is COc1ccc(C)cc1NC(=O)C1CCc2nc(N3CCOCC3)ncc2C1. The van der Waals surface area contributed by atoms with Gasteiger partial charge in [0.1, 0.15) is 5.75 Å². The summed E-state index contributed by atoms with van der Waals surface area (Å²) < 4.78 is 10.8. The zero-order valence-corrected chi connectivity index (χ0v) is 16.4. The van der Waals surface area contributed by atoms with E-state index in [1.165, 1.54) is 0 Å². The number of anilines is 2. The Bertz CT molecular complexity index is 865. The third-order valence-corrected chi connectivity index (χ3v) is 5.41. The van der Waals surface area contributed by atoms with Gasteiger partial charge in [0.2, 0.25) is 11.9 Å². The summed E-state index contributed by atoms with van der Waals surface area (Å²) in [6, 6.07) is 5.78. The van der Waals surface area contributed by atoms with E-state index < -0.39 is 0 Å². The second-order valence-corrected chi connectivity index (χ2v) is 7.37. The zero-order valence-electron chi connectivity index (χ0n) is 16.4. The lowest BCUT2D eigenvalue weighted by atomic mass is 9.86. The second kappa shape index (κ2) is 8.14. The molecule has 1 amide bonds. The number of rotatable bonds is 4. The molecule has 1 atom stereocenters. The van der Waals surface area contributed by atoms with Gasteiger partial charge in [0.15, 0.2) is 0 Å². The van der Waals surface area contributed by atoms with Crippen LogP contribution in [0.3, 0.4) is 0 Å². The van der Waals surface area contributed by atoms with Gasteiger partial charge in [-0.05, 0) is 49.4 Å². The van der Waals surface area contributed by atoms with Crippen LogP contribution < -0.4 is 15.0 Å². The summed E-state index contributed by atoms with van der Waals surface area (Å²) >= 11 is 0. The number of carbonyl (C=O) groups excluding carboxylic acids is 1. The first-order valence-electron chi connectivity index (χ1n) is 9.77. The summed E-state index contributed by atoms with van der Waals surface area (Å²) in [6.45, 7) is 5.07. The fourth-order valence-corrected chi connectivity index (χ4v) is 3.79. The average molecular weight is 382 g/mol. The largest absolute Gasteiger partial charge is 0.495 e. The maximum atomic E-state index is 12.8. The van der Waals surface area contributed by atoms with Crippen molar-refractivity contribution in [2.24, 2.45) is 5.92 Å². The summed E-state index contributed by atoms with van der Waals surface area (Å²) in [7, 11) is 1.61. The van der Waals surface area contributed by atoms with Gasteiger partial charge < -0.3 is 19.7 Å². The number of benzene rings is 1. The van der Waals surface area contributed by atoms with E-state index >= 15 is 0 Å². The van der Waals surface area contributed by atoms with Crippen LogP contribution >= 0.6 is 0 Å². The minimum absolute atomic E-state index is 0.0202. The van der Waals surface area contributed by atoms with Crippen LogP contribution in [-0.2, 0) is 22.4 Å². The maximum Gasteiger partial charge on any atom is 0.227 e. The molecule has 0 radical (unpaired) electrons. The zero-order chi connectivity index (χ0) is 19.5. The number of hydrogen-bond acceptors (Lipinski definition) is 6. The van der Waals surface area contributed by atoms with Crippen molar-refractivity contribution in [3.8, 4) is 5.75 Å². The van der Waals surface area contributed by atoms with Crippen LogP contribution in [0.2, 0.25) is 0 Å². The van der Waals surface area contributed by atoms with E-state index in [1.807, 2.05) is 31.3 Å². The Morgan fingerprint density at radius 3 is 2.93 bits per heavy atom. The average Bonchev–Trinajstić information content (AvgIpc) is 2.74. The summed E-state index contributed by atoms with van der Waals surface area (Å²) in [5.41, 5.74) is 3.93. The van der Waals surface area contributed by atoms with E-state index in [-0.39, 0.29) is 11.8 Å². The lowest BCUT2D eigenvalue weighted by Gasteiger charge is -2.29. The molecular formula is C21H26N4O3. The number of morpholine rings is 1. The first-order chi connectivity index (χ1) is 13.6. The Kier molecular flexibility index (Phi) is 5.43. The van der Waals surface area contributed by atoms with Gasteiger partial charge >= 0.3 is 0 Å². The van der Waals surface area contributed by atoms with Gasteiger partial charge in [-0.1, -0.05) is 6.07 Å². The molecule has 2 aliphatic rings. The smallest absolute Gasteiger partial charge is 0.227 e. The summed E-state index contributed by atoms with van der Waals surface area (Å²) in [5.74, 6) is 1.38. The predicted octanol–water partition coefficient (Wildman–Crippen LogP) is 2.37. The predicted molar refractivity (Wildman–Crippen MR) is 107 cm³/mol. The highest BCUT2D eigenvalue weighted by molar-refractivity contribution is 5.94. The molecule has 1 aromatic heterocycles. The molecule has 1 N–H and O–H groups in total. The van der Waals surface area contributed by atoms with Crippen molar-refractivity contribution in [3.63, 3.8) is 0 Å². The number of nitrogens with one attached hydrogen (secondary N) is 1. The number of ether oxygens (including phenoxy) is 2. The monoisotopic (exact) mass is 382 g/mol. The molecule has 7 nitrogen and oxygen atoms in total. The van der Waals surface area contributed by atoms with Crippen molar-refractivity contribution < 1.29 is 14.3 Å². The van der Waals surface area contributed by atoms with Crippen molar-refractivity contribution in [1.82, 2.24) is 9.97 Å². The normalized spacial score (nSPS) is 19.1. The molecule has 148 valence electrons. The Balaban J connectivity index is 1.45. The van der Waals surface area contributed by atoms with Crippen LogP contribution in [0.4, 0.5) is 11.6 Å². The molecule has 28 heavy (non-hydrogen) atoms. The molecule has 0 saturated carbocycles. The number of carbonyl (C=O) groups is 1. The minimum atomic E-state index is -0.0874. The molecule has 1 aliphatic carbocycles. The van der Waals surface area contributed by atoms with E-state index in [9.17, 15) is 4.79 Å². The highest BCUT2D eigenvalue weighted by atomic mass is 16.5. The molecule has 7 heteroatoms. The highest BCUT2D eigenvalue weighted by Gasteiger charge is 2.27. The molecule has 1 unspecified atom stereocenters. The molecule has 1 aromatic carbocycles. The first kappa shape index (κ1) is 18.7. The van der Waals surface area contributed by atoms with Crippen LogP contribution in [0, 0.1) is 12.8 Å². The highest BCUT2D eigenvalue weighted by Crippen LogP contribution is 2.29. The van der Waals surface area contributed by atoms with E-state index in [1.54, 1.807) is 7.11 Å². The molecule has 2 heterocycles. The van der Waals surface area contributed by atoms with Crippen LogP contribution in [-0.4, -0.2) is 49.3 Å². The van der Waals surface area contributed by atoms with Gasteiger partial charge in [-0.2, -0.15) is 0 Å². The van der Waals surface area contributed by atoms with Crippen molar-refractivity contribution in [1.29, 1.82) is 0 Å². The van der Waals surface area contributed by atoms with Crippen LogP contribution in [0.25, 0.3) is 0 Å². The Morgan fingerprint density at radius 2 is 2.14 bits per heavy atom. The number of methoxy groups -OCH3 is 1. The molecule has 2 aromatic rings. The molecule has 1 fully saturated rings. The molecule has 0 spiro atoms. The van der Waals surface area contributed by atoms with Gasteiger partial charge in [-0.25, -0.2) is 9.97 Å². The number of fused-ring (bicyclic) bond motifs is 1. The van der Waals surface area contributed by atoms with Crippen LogP contribution in [0.1, 0.15) is 23.2 Å². The van der Waals surface area contributed by atoms with Gasteiger partial charge in [-0.15, -0.1) is 0 Å². The van der Waals surface area contributed by atoms with Gasteiger partial charge in [0, 0.05) is 30.9 Å². The van der Waals surface area contributed by atoms with Crippen molar-refractivity contribution in [3.05, 3.63) is 41.2 Å². The quantitative estimate of drug-likeness (QED) is 0.875. The number of amides is 1. The van der Waals surface area contributed by atoms with Gasteiger partial charge in [-0.3, -0.25) is 4.79 Å². The third-order valence-electron chi connectivity index (χ3n) is 5.41. The number of aryl methyl sites for hydroxylation is 2. The number of nitrogens with zero attached hydrogens (tertiary/aromatic N) is 3. The molecular weight excluding hydrogens is 356 g/mol. The van der Waals surface area contributed by atoms with E-state index in [4.69, 9.17) is 14.5 Å². The molecule has 1 aliphatic heterocycles. The minimum Gasteiger partial charge on any atom is -0.495 e. The summed E-state index contributed by atoms with van der Waals surface area (Å²) in [5, 5.41) is 3.04. The third kappa shape index (κ3) is 3.94. The van der Waals surface area contributed by atoms with Crippen LogP contribution in [0.15, 0.2) is 24.4 Å². The van der Waals surface area contributed by atoms with Crippen molar-refractivity contribution in [2.45, 2.75) is 26.2 Å². The summed E-state index contributed by atoms with van der Waals surface area (Å²) in [4.78, 5) is 24.3. The van der Waals surface area contributed by atoms with E-state index in [2.05, 4.69) is 15.2 Å². The van der Waals surface area contributed by atoms with Gasteiger partial charge in [0.25, 0.3) is 0 Å². The van der Waals surface area contributed by atoms with E-state index in [0.29, 0.717) is 25.4 Å². The Hall–Kier alpha value is -2.67. The molecule has 0 bridgehead atoms. The van der Waals surface area contributed by atoms with Gasteiger partial charge in [0.05, 0.1) is 26.0 Å².